The first-order chi connectivity index (χ1) is 18.8. The molecule has 3 saturated heterocycles. The van der Waals surface area contributed by atoms with Gasteiger partial charge in [0.2, 0.25) is 0 Å². The number of aliphatic hydroxyl groups is 9. The summed E-state index contributed by atoms with van der Waals surface area (Å²) in [5.41, 5.74) is 10.2. The first kappa shape index (κ1) is 34.8. The predicted molar refractivity (Wildman–Crippen MR) is 136 cm³/mol. The second kappa shape index (κ2) is 12.4. The highest BCUT2D eigenvalue weighted by Gasteiger charge is 2.71. The molecule has 15 N–H and O–H groups in total. The fourth-order valence-corrected chi connectivity index (χ4v) is 5.72. The fourth-order valence-electron chi connectivity index (χ4n) is 5.72. The topological polar surface area (TPSA) is 306 Å². The highest BCUT2D eigenvalue weighted by atomic mass is 16.7. The summed E-state index contributed by atoms with van der Waals surface area (Å²) in [4.78, 5) is 0. The monoisotopic (exact) mass is 601 g/mol. The Morgan fingerprint density at radius 3 is 1.85 bits per heavy atom. The Morgan fingerprint density at radius 2 is 1.34 bits per heavy atom. The van der Waals surface area contributed by atoms with E-state index in [1.54, 1.807) is 0 Å². The summed E-state index contributed by atoms with van der Waals surface area (Å²) in [7, 11) is 0. The van der Waals surface area contributed by atoms with Gasteiger partial charge in [-0.25, -0.2) is 0 Å². The Bertz CT molecular complexity index is 881. The molecule has 0 aromatic heterocycles. The van der Waals surface area contributed by atoms with Crippen LogP contribution < -0.4 is 17.2 Å². The van der Waals surface area contributed by atoms with E-state index in [4.69, 9.17) is 40.9 Å². The molecule has 0 saturated carbocycles. The van der Waals surface area contributed by atoms with Crippen LogP contribution >= 0.6 is 0 Å². The minimum absolute atomic E-state index is 0.373. The van der Waals surface area contributed by atoms with E-state index >= 15 is 0 Å². The van der Waals surface area contributed by atoms with Crippen LogP contribution in [0.25, 0.3) is 0 Å². The van der Waals surface area contributed by atoms with Crippen LogP contribution in [0.4, 0.5) is 0 Å². The van der Waals surface area contributed by atoms with Crippen LogP contribution in [0, 0.1) is 0 Å². The van der Waals surface area contributed by atoms with Gasteiger partial charge in [0.15, 0.2) is 18.9 Å². The molecular weight excluding hydrogens is 554 g/mol. The van der Waals surface area contributed by atoms with Crippen molar-refractivity contribution in [2.75, 3.05) is 19.8 Å². The van der Waals surface area contributed by atoms with Gasteiger partial charge in [-0.1, -0.05) is 0 Å². The second-order valence-electron chi connectivity index (χ2n) is 11.9. The van der Waals surface area contributed by atoms with E-state index in [2.05, 4.69) is 0 Å². The van der Waals surface area contributed by atoms with Gasteiger partial charge >= 0.3 is 0 Å². The van der Waals surface area contributed by atoms with E-state index in [0.29, 0.717) is 0 Å². The maximum absolute atomic E-state index is 11.6. The van der Waals surface area contributed by atoms with Gasteiger partial charge in [0.1, 0.15) is 59.0 Å². The quantitative estimate of drug-likeness (QED) is 0.117. The SMILES string of the molecule is CC(O)C[C@]1(N)[C@@H](OC2[C@@H](CO)O[C@@H](OC3[C@@H](CO)O[C@@H](O)[C@H](N)[C@H]3O)[C@H](N)[C@H]2O)O[C@](C)(CO)[C@@](C)(O)[C@]1(C)O. The highest BCUT2D eigenvalue weighted by Crippen LogP contribution is 2.50. The van der Waals surface area contributed by atoms with Gasteiger partial charge in [-0.15, -0.1) is 0 Å². The lowest BCUT2D eigenvalue weighted by Gasteiger charge is -2.63. The van der Waals surface area contributed by atoms with Crippen molar-refractivity contribution in [2.24, 2.45) is 17.2 Å². The normalized spacial score (nSPS) is 53.7. The van der Waals surface area contributed by atoms with Crippen LogP contribution in [0.1, 0.15) is 34.1 Å². The standard InChI is InChI=1S/C24H47N3O14/c1-9(31)5-24(27)20(41-21(2,8-30)22(3,35)23(24,4)36)40-17-11(7-29)38-19(13(26)15(17)33)39-16-10(6-28)37-18(34)12(25)14(16)32/h9-20,28-36H,5-8,25-27H2,1-4H3/t9?,10-,11-,12-,13-,14-,15-,16?,17?,18-,19+,20+,21-,22-,23+,24+/m1/s1. The third-order valence-electron chi connectivity index (χ3n) is 9.00. The van der Waals surface area contributed by atoms with E-state index in [1.165, 1.54) is 27.7 Å². The number of hydrogen-bond acceptors (Lipinski definition) is 17. The van der Waals surface area contributed by atoms with E-state index in [1.807, 2.05) is 0 Å². The fraction of sp³-hybridized carbons (Fsp3) is 1.00. The zero-order chi connectivity index (χ0) is 31.3. The van der Waals surface area contributed by atoms with Crippen LogP contribution in [0.3, 0.4) is 0 Å². The minimum Gasteiger partial charge on any atom is -0.394 e. The van der Waals surface area contributed by atoms with Gasteiger partial charge in [-0.2, -0.15) is 0 Å². The Hall–Kier alpha value is -0.680. The molecule has 3 rings (SSSR count). The summed E-state index contributed by atoms with van der Waals surface area (Å²) >= 11 is 0. The molecule has 17 nitrogen and oxygen atoms in total. The van der Waals surface area contributed by atoms with Gasteiger partial charge in [0.05, 0.1) is 38.0 Å². The van der Waals surface area contributed by atoms with Gasteiger partial charge in [-0.05, 0) is 34.1 Å². The van der Waals surface area contributed by atoms with E-state index < -0.39 is 116 Å². The highest BCUT2D eigenvalue weighted by molar-refractivity contribution is 5.22. The van der Waals surface area contributed by atoms with Crippen molar-refractivity contribution in [3.8, 4) is 0 Å². The summed E-state index contributed by atoms with van der Waals surface area (Å²) in [6.45, 7) is 2.86. The third-order valence-corrected chi connectivity index (χ3v) is 9.00. The first-order valence-electron chi connectivity index (χ1n) is 13.4. The van der Waals surface area contributed by atoms with Crippen molar-refractivity contribution in [2.45, 2.75) is 130 Å². The first-order valence-corrected chi connectivity index (χ1v) is 13.4. The van der Waals surface area contributed by atoms with E-state index in [0.717, 1.165) is 0 Å². The van der Waals surface area contributed by atoms with E-state index in [-0.39, 0.29) is 6.42 Å². The molecule has 16 atom stereocenters. The Kier molecular flexibility index (Phi) is 10.5. The molecule has 242 valence electrons. The van der Waals surface area contributed by atoms with Crippen molar-refractivity contribution in [1.29, 1.82) is 0 Å². The van der Waals surface area contributed by atoms with Gasteiger partial charge in [0, 0.05) is 0 Å². The van der Waals surface area contributed by atoms with Crippen LogP contribution in [0.2, 0.25) is 0 Å². The smallest absolute Gasteiger partial charge is 0.179 e. The summed E-state index contributed by atoms with van der Waals surface area (Å²) in [5.74, 6) is 0. The molecule has 0 amide bonds. The van der Waals surface area contributed by atoms with Crippen LogP contribution in [0.5, 0.6) is 0 Å². The van der Waals surface area contributed by atoms with Crippen molar-refractivity contribution in [3.05, 3.63) is 0 Å². The molecule has 0 aliphatic carbocycles. The molecule has 41 heavy (non-hydrogen) atoms. The second-order valence-corrected chi connectivity index (χ2v) is 11.9. The number of nitrogens with two attached hydrogens (primary N) is 3. The van der Waals surface area contributed by atoms with Crippen LogP contribution in [-0.4, -0.2) is 162 Å². The minimum atomic E-state index is -2.26. The van der Waals surface area contributed by atoms with Crippen molar-refractivity contribution >= 4 is 0 Å². The Labute approximate surface area is 237 Å². The van der Waals surface area contributed by atoms with Crippen molar-refractivity contribution in [1.82, 2.24) is 0 Å². The molecule has 3 fully saturated rings. The Balaban J connectivity index is 1.90. The van der Waals surface area contributed by atoms with Crippen molar-refractivity contribution < 1.29 is 69.6 Å². The average Bonchev–Trinajstić information content (AvgIpc) is 2.90. The third kappa shape index (κ3) is 5.78. The maximum Gasteiger partial charge on any atom is 0.179 e. The molecule has 0 aromatic rings. The lowest BCUT2D eigenvalue weighted by atomic mass is 9.60. The number of hydrogen-bond donors (Lipinski definition) is 12. The molecule has 3 aliphatic heterocycles. The van der Waals surface area contributed by atoms with Gasteiger partial charge < -0.3 is 86.8 Å². The lowest BCUT2D eigenvalue weighted by Crippen LogP contribution is -2.85. The number of rotatable bonds is 9. The zero-order valence-electron chi connectivity index (χ0n) is 23.6. The number of ether oxygens (including phenoxy) is 5. The molecule has 0 bridgehead atoms. The molecule has 3 unspecified atom stereocenters. The molecule has 0 radical (unpaired) electrons. The molecule has 3 heterocycles. The maximum atomic E-state index is 11.6. The lowest BCUT2D eigenvalue weighted by molar-refractivity contribution is -0.406. The average molecular weight is 602 g/mol. The molecule has 0 aromatic carbocycles. The summed E-state index contributed by atoms with van der Waals surface area (Å²) in [6.07, 6.45) is -15.0. The van der Waals surface area contributed by atoms with E-state index in [9.17, 15) is 46.0 Å². The molecular formula is C24H47N3O14. The van der Waals surface area contributed by atoms with Gasteiger partial charge in [-0.3, -0.25) is 0 Å². The molecule has 17 heteroatoms. The summed E-state index contributed by atoms with van der Waals surface area (Å²) in [5, 5.41) is 94.6. The zero-order valence-corrected chi connectivity index (χ0v) is 23.6. The molecule has 3 aliphatic rings. The van der Waals surface area contributed by atoms with Crippen LogP contribution in [-0.2, 0) is 23.7 Å². The predicted octanol–water partition coefficient (Wildman–Crippen LogP) is -6.36. The van der Waals surface area contributed by atoms with Crippen molar-refractivity contribution in [3.63, 3.8) is 0 Å². The summed E-state index contributed by atoms with van der Waals surface area (Å²) < 4.78 is 28.6. The van der Waals surface area contributed by atoms with Crippen LogP contribution in [0.15, 0.2) is 0 Å². The largest absolute Gasteiger partial charge is 0.394 e. The summed E-state index contributed by atoms with van der Waals surface area (Å²) in [6, 6.07) is -2.73. The number of aliphatic hydroxyl groups excluding tert-OH is 7. The molecule has 0 spiro atoms. The van der Waals surface area contributed by atoms with Gasteiger partial charge in [0.25, 0.3) is 0 Å². The Morgan fingerprint density at radius 1 is 0.829 bits per heavy atom.